The Balaban J connectivity index is 4.13. The largest absolute Gasteiger partial charge is 0.466 e. The topological polar surface area (TPSA) is 44.8 Å². The fourth-order valence-corrected chi connectivity index (χ4v) is 3.76. The second-order valence-electron chi connectivity index (χ2n) is 8.86. The molecule has 0 rings (SSSR count). The second-order valence-corrected chi connectivity index (χ2v) is 9.65. The monoisotopic (exact) mass is 554 g/mol. The highest BCUT2D eigenvalue weighted by Gasteiger charge is 2.10. The van der Waals surface area contributed by atoms with Gasteiger partial charge in [0.25, 0.3) is 0 Å². The Hall–Kier alpha value is -1.01. The first-order chi connectivity index (χ1) is 17.2. The van der Waals surface area contributed by atoms with E-state index in [1.807, 2.05) is 0 Å². The molecule has 202 valence electrons. The van der Waals surface area contributed by atoms with Gasteiger partial charge in [-0.2, -0.15) is 0 Å². The Kier molecular flexibility index (Phi) is 28.4. The highest BCUT2D eigenvalue weighted by atomic mass is 79.9. The molecular formula is C30H51BrO4. The van der Waals surface area contributed by atoms with E-state index >= 15 is 0 Å². The quantitative estimate of drug-likeness (QED) is 0.0418. The third kappa shape index (κ3) is 27.4. The van der Waals surface area contributed by atoms with Crippen LogP contribution in [0.2, 0.25) is 0 Å². The van der Waals surface area contributed by atoms with E-state index in [1.165, 1.54) is 51.4 Å². The maximum atomic E-state index is 11.9. The van der Waals surface area contributed by atoms with Gasteiger partial charge in [-0.05, 0) is 44.9 Å². The van der Waals surface area contributed by atoms with Crippen molar-refractivity contribution in [1.82, 2.24) is 0 Å². The summed E-state index contributed by atoms with van der Waals surface area (Å²) in [4.78, 5) is 11.9. The molecule has 0 aromatic heterocycles. The van der Waals surface area contributed by atoms with Crippen LogP contribution >= 0.6 is 15.9 Å². The van der Waals surface area contributed by atoms with Crippen LogP contribution in [-0.2, 0) is 19.0 Å². The molecule has 0 aliphatic heterocycles. The number of hydrogen-bond donors (Lipinski definition) is 0. The molecule has 0 saturated carbocycles. The summed E-state index contributed by atoms with van der Waals surface area (Å²) in [6, 6.07) is 0. The van der Waals surface area contributed by atoms with Gasteiger partial charge >= 0.3 is 5.97 Å². The summed E-state index contributed by atoms with van der Waals surface area (Å²) < 4.78 is 17.3. The summed E-state index contributed by atoms with van der Waals surface area (Å²) in [6.45, 7) is 6.10. The van der Waals surface area contributed by atoms with Crippen LogP contribution in [0.1, 0.15) is 129 Å². The molecule has 0 radical (unpaired) electrons. The predicted octanol–water partition coefficient (Wildman–Crippen LogP) is 8.35. The van der Waals surface area contributed by atoms with Gasteiger partial charge in [0, 0.05) is 37.4 Å². The molecule has 4 nitrogen and oxygen atoms in total. The number of hydrogen-bond acceptors (Lipinski definition) is 4. The molecule has 0 aliphatic rings. The molecule has 0 atom stereocenters. The van der Waals surface area contributed by atoms with E-state index in [1.54, 1.807) is 0 Å². The van der Waals surface area contributed by atoms with Crippen molar-refractivity contribution in [2.75, 3.05) is 25.2 Å². The van der Waals surface area contributed by atoms with Crippen molar-refractivity contribution in [3.63, 3.8) is 0 Å². The molecule has 5 heteroatoms. The standard InChI is InChI=1S/C30H51BrO4/c1-3-5-7-9-11-14-21-27-34-30(35-28-22-15-12-10-8-6-4-2)24-18-17-23-29(32)33-26-20-16-13-19-25-31/h30H,3-10,13,16-28H2,1-2H3. The van der Waals surface area contributed by atoms with E-state index in [0.717, 1.165) is 63.1 Å². The maximum Gasteiger partial charge on any atom is 0.305 e. The number of alkyl halides is 1. The van der Waals surface area contributed by atoms with Crippen LogP contribution in [0.5, 0.6) is 0 Å². The zero-order valence-electron chi connectivity index (χ0n) is 22.6. The molecule has 0 unspecified atom stereocenters. The fraction of sp³-hybridized carbons (Fsp3) is 0.833. The molecule has 35 heavy (non-hydrogen) atoms. The second kappa shape index (κ2) is 29.2. The van der Waals surface area contributed by atoms with Crippen molar-refractivity contribution >= 4 is 21.9 Å². The van der Waals surface area contributed by atoms with Gasteiger partial charge in [0.1, 0.15) is 0 Å². The molecule has 0 bridgehead atoms. The van der Waals surface area contributed by atoms with Crippen molar-refractivity contribution in [3.05, 3.63) is 0 Å². The van der Waals surface area contributed by atoms with E-state index in [0.29, 0.717) is 26.2 Å². The third-order valence-electron chi connectivity index (χ3n) is 5.48. The Morgan fingerprint density at radius 2 is 1.23 bits per heavy atom. The van der Waals surface area contributed by atoms with Gasteiger partial charge in [-0.15, -0.1) is 23.7 Å². The number of esters is 1. The van der Waals surface area contributed by atoms with Crippen LogP contribution in [0.4, 0.5) is 0 Å². The minimum absolute atomic E-state index is 0.0967. The lowest BCUT2D eigenvalue weighted by molar-refractivity contribution is -0.147. The zero-order chi connectivity index (χ0) is 25.7. The van der Waals surface area contributed by atoms with Crippen molar-refractivity contribution in [1.29, 1.82) is 0 Å². The number of ether oxygens (including phenoxy) is 3. The Labute approximate surface area is 225 Å². The van der Waals surface area contributed by atoms with Gasteiger partial charge in [-0.1, -0.05) is 68.3 Å². The van der Waals surface area contributed by atoms with Crippen LogP contribution < -0.4 is 0 Å². The van der Waals surface area contributed by atoms with Gasteiger partial charge < -0.3 is 14.2 Å². The van der Waals surface area contributed by atoms with Crippen LogP contribution in [0.25, 0.3) is 0 Å². The molecule has 0 aromatic rings. The fourth-order valence-electron chi connectivity index (χ4n) is 3.37. The lowest BCUT2D eigenvalue weighted by Crippen LogP contribution is -2.19. The van der Waals surface area contributed by atoms with Gasteiger partial charge in [0.05, 0.1) is 19.8 Å². The summed E-state index contributed by atoms with van der Waals surface area (Å²) in [7, 11) is 0. The minimum atomic E-state index is -0.260. The Morgan fingerprint density at radius 3 is 1.80 bits per heavy atom. The number of rotatable bonds is 23. The molecule has 0 saturated heterocycles. The van der Waals surface area contributed by atoms with Crippen molar-refractivity contribution < 1.29 is 19.0 Å². The van der Waals surface area contributed by atoms with Gasteiger partial charge in [0.15, 0.2) is 6.29 Å². The molecule has 0 aromatic carbocycles. The van der Waals surface area contributed by atoms with E-state index in [9.17, 15) is 4.79 Å². The Morgan fingerprint density at radius 1 is 0.657 bits per heavy atom. The van der Waals surface area contributed by atoms with Crippen LogP contribution in [0, 0.1) is 23.7 Å². The molecular weight excluding hydrogens is 504 g/mol. The van der Waals surface area contributed by atoms with Gasteiger partial charge in [0.2, 0.25) is 0 Å². The van der Waals surface area contributed by atoms with E-state index in [2.05, 4.69) is 53.5 Å². The normalized spacial score (nSPS) is 10.5. The summed E-state index contributed by atoms with van der Waals surface area (Å²) in [5, 5.41) is 1.04. The third-order valence-corrected chi connectivity index (χ3v) is 6.04. The summed E-state index contributed by atoms with van der Waals surface area (Å²) in [6.07, 6.45) is 17.7. The van der Waals surface area contributed by atoms with Crippen molar-refractivity contribution in [3.8, 4) is 23.7 Å². The van der Waals surface area contributed by atoms with Gasteiger partial charge in [-0.25, -0.2) is 0 Å². The SMILES string of the molecule is CCCCCC#CCCOC(CCCCC(=O)OCCCCCCBr)OCCC#CCCCCC. The molecule has 0 spiro atoms. The maximum absolute atomic E-state index is 11.9. The lowest BCUT2D eigenvalue weighted by Gasteiger charge is -2.17. The molecule has 0 fully saturated rings. The van der Waals surface area contributed by atoms with Crippen molar-refractivity contribution in [2.45, 2.75) is 136 Å². The first-order valence-electron chi connectivity index (χ1n) is 14.1. The summed E-state index contributed by atoms with van der Waals surface area (Å²) >= 11 is 3.43. The zero-order valence-corrected chi connectivity index (χ0v) is 24.2. The Bertz CT molecular complexity index is 551. The molecule has 0 heterocycles. The number of carbonyl (C=O) groups is 1. The van der Waals surface area contributed by atoms with Crippen molar-refractivity contribution in [2.24, 2.45) is 0 Å². The summed E-state index contributed by atoms with van der Waals surface area (Å²) in [5.41, 5.74) is 0. The first kappa shape index (κ1) is 34.0. The highest BCUT2D eigenvalue weighted by molar-refractivity contribution is 9.09. The van der Waals surface area contributed by atoms with E-state index in [4.69, 9.17) is 14.2 Å². The first-order valence-corrected chi connectivity index (χ1v) is 15.2. The predicted molar refractivity (Wildman–Crippen MR) is 150 cm³/mol. The van der Waals surface area contributed by atoms with Gasteiger partial charge in [-0.3, -0.25) is 4.79 Å². The van der Waals surface area contributed by atoms with Crippen LogP contribution in [0.3, 0.4) is 0 Å². The molecule has 0 aliphatic carbocycles. The van der Waals surface area contributed by atoms with Crippen LogP contribution in [-0.4, -0.2) is 37.4 Å². The molecule has 0 amide bonds. The average Bonchev–Trinajstić information content (AvgIpc) is 2.86. The smallest absolute Gasteiger partial charge is 0.305 e. The highest BCUT2D eigenvalue weighted by Crippen LogP contribution is 2.11. The van der Waals surface area contributed by atoms with E-state index < -0.39 is 0 Å². The number of carbonyl (C=O) groups excluding carboxylic acids is 1. The van der Waals surface area contributed by atoms with E-state index in [-0.39, 0.29) is 12.3 Å². The molecule has 0 N–H and O–H groups in total. The summed E-state index contributed by atoms with van der Waals surface area (Å²) in [5.74, 6) is 12.8. The average molecular weight is 556 g/mol. The lowest BCUT2D eigenvalue weighted by atomic mass is 10.2. The minimum Gasteiger partial charge on any atom is -0.466 e. The number of unbranched alkanes of at least 4 members (excludes halogenated alkanes) is 10. The van der Waals surface area contributed by atoms with Crippen LogP contribution in [0.15, 0.2) is 0 Å². The number of halogens is 1.